The number of fused-ring (bicyclic) bond motifs is 1. The van der Waals surface area contributed by atoms with Crippen LogP contribution in [-0.4, -0.2) is 68.8 Å². The number of carbonyl (C=O) groups excluding carboxylic acids is 1. The zero-order valence-corrected chi connectivity index (χ0v) is 22.8. The van der Waals surface area contributed by atoms with Crippen LogP contribution in [0.2, 0.25) is 0 Å². The molecule has 194 valence electrons. The lowest BCUT2D eigenvalue weighted by Crippen LogP contribution is -2.34. The highest BCUT2D eigenvalue weighted by Gasteiger charge is 2.26. The predicted molar refractivity (Wildman–Crippen MR) is 145 cm³/mol. The summed E-state index contributed by atoms with van der Waals surface area (Å²) in [6.45, 7) is 3.27. The van der Waals surface area contributed by atoms with E-state index in [4.69, 9.17) is 15.5 Å². The maximum absolute atomic E-state index is 13.6. The maximum atomic E-state index is 13.6. The molecular formula is C26H30N6O3S2. The van der Waals surface area contributed by atoms with Crippen molar-refractivity contribution in [1.82, 2.24) is 14.2 Å². The van der Waals surface area contributed by atoms with Crippen LogP contribution in [0.4, 0.5) is 5.13 Å². The summed E-state index contributed by atoms with van der Waals surface area (Å²) in [5, 5.41) is 18.4. The average Bonchev–Trinajstić information content (AvgIpc) is 3.29. The molecule has 0 aliphatic heterocycles. The summed E-state index contributed by atoms with van der Waals surface area (Å²) >= 11 is 1.45. The van der Waals surface area contributed by atoms with E-state index in [2.05, 4.69) is 0 Å². The third-order valence-corrected chi connectivity index (χ3v) is 8.63. The first kappa shape index (κ1) is 28.2. The van der Waals surface area contributed by atoms with Crippen LogP contribution in [0.25, 0.3) is 10.2 Å². The summed E-state index contributed by atoms with van der Waals surface area (Å²) in [5.74, 6) is -0.260. The van der Waals surface area contributed by atoms with Crippen LogP contribution in [0.15, 0.2) is 47.4 Å². The van der Waals surface area contributed by atoms with Crippen LogP contribution in [0, 0.1) is 29.6 Å². The lowest BCUT2D eigenvalue weighted by molar-refractivity contribution is 0.0986. The van der Waals surface area contributed by atoms with E-state index in [1.54, 1.807) is 4.90 Å². The Balaban J connectivity index is 1.89. The number of thiazole rings is 1. The van der Waals surface area contributed by atoms with Gasteiger partial charge in [0.25, 0.3) is 5.91 Å². The molecule has 9 nitrogen and oxygen atoms in total. The molecule has 1 amide bonds. The molecule has 2 aromatic carbocycles. The lowest BCUT2D eigenvalue weighted by atomic mass is 10.2. The topological polar surface area (TPSA) is 121 Å². The predicted octanol–water partition coefficient (Wildman–Crippen LogP) is 4.02. The van der Waals surface area contributed by atoms with Crippen molar-refractivity contribution in [3.05, 3.63) is 53.6 Å². The molecule has 3 rings (SSSR count). The fourth-order valence-corrected chi connectivity index (χ4v) is 6.27. The lowest BCUT2D eigenvalue weighted by Gasteiger charge is -2.22. The Bertz CT molecular complexity index is 1400. The van der Waals surface area contributed by atoms with Gasteiger partial charge in [0.1, 0.15) is 0 Å². The van der Waals surface area contributed by atoms with Crippen LogP contribution in [0.3, 0.4) is 0 Å². The molecule has 0 fully saturated rings. The number of aromatic nitrogens is 1. The second kappa shape index (κ2) is 12.7. The summed E-state index contributed by atoms with van der Waals surface area (Å²) in [6, 6.07) is 15.6. The molecule has 0 N–H and O–H groups in total. The number of aryl methyl sites for hydroxylation is 1. The summed E-state index contributed by atoms with van der Waals surface area (Å²) in [6.07, 6.45) is 0.780. The monoisotopic (exact) mass is 538 g/mol. The normalized spacial score (nSPS) is 11.5. The number of nitriles is 2. The number of rotatable bonds is 12. The molecule has 0 bridgehead atoms. The standard InChI is InChI=1S/C26H30N6O3S2/c1-20-7-12-23-24(19-20)36-26(29-23)32(18-6-15-30(2)3)25(33)21-8-10-22(11-9-21)37(34,35)31(16-4-13-27)17-5-14-28/h7-12,19H,4-6,15-18H2,1-3H3. The van der Waals surface area contributed by atoms with Crippen molar-refractivity contribution in [3.63, 3.8) is 0 Å². The van der Waals surface area contributed by atoms with Crippen LogP contribution in [-0.2, 0) is 10.0 Å². The molecule has 37 heavy (non-hydrogen) atoms. The zero-order valence-electron chi connectivity index (χ0n) is 21.2. The minimum Gasteiger partial charge on any atom is -0.309 e. The van der Waals surface area contributed by atoms with Crippen molar-refractivity contribution in [2.75, 3.05) is 45.2 Å². The highest BCUT2D eigenvalue weighted by molar-refractivity contribution is 7.89. The number of benzene rings is 2. The van der Waals surface area contributed by atoms with Crippen LogP contribution in [0.5, 0.6) is 0 Å². The number of nitrogens with zero attached hydrogens (tertiary/aromatic N) is 6. The van der Waals surface area contributed by atoms with Crippen molar-refractivity contribution in [2.24, 2.45) is 0 Å². The van der Waals surface area contributed by atoms with Crippen LogP contribution < -0.4 is 4.90 Å². The van der Waals surface area contributed by atoms with E-state index in [0.717, 1.165) is 33.1 Å². The minimum absolute atomic E-state index is 0.00205. The van der Waals surface area contributed by atoms with Crippen LogP contribution in [0.1, 0.15) is 35.2 Å². The first-order valence-electron chi connectivity index (χ1n) is 11.8. The molecule has 0 unspecified atom stereocenters. The number of carbonyl (C=O) groups is 1. The third kappa shape index (κ3) is 7.12. The molecule has 0 saturated carbocycles. The van der Waals surface area contributed by atoms with Gasteiger partial charge in [-0.15, -0.1) is 0 Å². The van der Waals surface area contributed by atoms with E-state index in [1.165, 1.54) is 35.6 Å². The average molecular weight is 539 g/mol. The molecule has 0 aliphatic rings. The summed E-state index contributed by atoms with van der Waals surface area (Å²) in [5.41, 5.74) is 2.29. The van der Waals surface area contributed by atoms with Gasteiger partial charge in [0.15, 0.2) is 5.13 Å². The first-order valence-corrected chi connectivity index (χ1v) is 14.1. The van der Waals surface area contributed by atoms with Gasteiger partial charge in [-0.25, -0.2) is 13.4 Å². The van der Waals surface area contributed by atoms with Crippen molar-refractivity contribution in [3.8, 4) is 12.1 Å². The van der Waals surface area contributed by atoms with E-state index < -0.39 is 10.0 Å². The zero-order chi connectivity index (χ0) is 27.0. The van der Waals surface area contributed by atoms with Crippen molar-refractivity contribution < 1.29 is 13.2 Å². The summed E-state index contributed by atoms with van der Waals surface area (Å²) in [7, 11) is 0.0339. The molecular weight excluding hydrogens is 508 g/mol. The summed E-state index contributed by atoms with van der Waals surface area (Å²) in [4.78, 5) is 22.0. The Kier molecular flexibility index (Phi) is 9.73. The number of hydrogen-bond donors (Lipinski definition) is 0. The Morgan fingerprint density at radius 2 is 1.62 bits per heavy atom. The molecule has 1 heterocycles. The highest BCUT2D eigenvalue weighted by atomic mass is 32.2. The fourth-order valence-electron chi connectivity index (χ4n) is 3.74. The van der Waals surface area contributed by atoms with Gasteiger partial charge in [-0.2, -0.15) is 14.8 Å². The maximum Gasteiger partial charge on any atom is 0.260 e. The smallest absolute Gasteiger partial charge is 0.260 e. The van der Waals surface area contributed by atoms with E-state index >= 15 is 0 Å². The second-order valence-corrected chi connectivity index (χ2v) is 11.8. The largest absolute Gasteiger partial charge is 0.309 e. The molecule has 0 aliphatic carbocycles. The van der Waals surface area contributed by atoms with Gasteiger partial charge in [0.2, 0.25) is 10.0 Å². The summed E-state index contributed by atoms with van der Waals surface area (Å²) < 4.78 is 28.4. The first-order chi connectivity index (χ1) is 17.7. The number of amides is 1. The van der Waals surface area contributed by atoms with Gasteiger partial charge in [-0.3, -0.25) is 9.69 Å². The quantitative estimate of drug-likeness (QED) is 0.341. The van der Waals surface area contributed by atoms with Crippen LogP contribution >= 0.6 is 11.3 Å². The number of sulfonamides is 1. The SMILES string of the molecule is Cc1ccc2nc(N(CCCN(C)C)C(=O)c3ccc(S(=O)(=O)N(CCC#N)CCC#N)cc3)sc2c1. The van der Waals surface area contributed by atoms with Gasteiger partial charge in [-0.1, -0.05) is 17.4 Å². The van der Waals surface area contributed by atoms with Gasteiger partial charge >= 0.3 is 0 Å². The van der Waals surface area contributed by atoms with Crippen molar-refractivity contribution in [2.45, 2.75) is 31.1 Å². The Morgan fingerprint density at radius 1 is 0.973 bits per heavy atom. The molecule has 1 aromatic heterocycles. The molecule has 0 saturated heterocycles. The van der Waals surface area contributed by atoms with E-state index in [1.807, 2.05) is 56.3 Å². The highest BCUT2D eigenvalue weighted by Crippen LogP contribution is 2.31. The molecule has 0 radical (unpaired) electrons. The Hall–Kier alpha value is -3.35. The van der Waals surface area contributed by atoms with E-state index in [0.29, 0.717) is 17.2 Å². The third-order valence-electron chi connectivity index (χ3n) is 5.68. The van der Waals surface area contributed by atoms with Gasteiger partial charge < -0.3 is 4.90 Å². The minimum atomic E-state index is -3.92. The molecule has 0 spiro atoms. The Labute approximate surface area is 222 Å². The molecule has 0 atom stereocenters. The number of anilines is 1. The second-order valence-electron chi connectivity index (χ2n) is 8.83. The molecule has 11 heteroatoms. The fraction of sp³-hybridized carbons (Fsp3) is 0.385. The van der Waals surface area contributed by atoms with Crippen molar-refractivity contribution >= 4 is 42.6 Å². The van der Waals surface area contributed by atoms with Gasteiger partial charge in [0, 0.05) is 38.0 Å². The van der Waals surface area contributed by atoms with Gasteiger partial charge in [-0.05, 0) is 75.9 Å². The van der Waals surface area contributed by atoms with E-state index in [-0.39, 0.29) is 36.7 Å². The van der Waals surface area contributed by atoms with Gasteiger partial charge in [0.05, 0.1) is 27.3 Å². The Morgan fingerprint density at radius 3 is 2.22 bits per heavy atom. The number of hydrogen-bond acceptors (Lipinski definition) is 8. The molecule has 3 aromatic rings. The van der Waals surface area contributed by atoms with Crippen molar-refractivity contribution in [1.29, 1.82) is 10.5 Å². The van der Waals surface area contributed by atoms with E-state index in [9.17, 15) is 13.2 Å².